The van der Waals surface area contributed by atoms with Crippen LogP contribution in [0.15, 0.2) is 0 Å². The van der Waals surface area contributed by atoms with E-state index in [9.17, 15) is 21.6 Å². The lowest BCUT2D eigenvalue weighted by molar-refractivity contribution is -0.121. The van der Waals surface area contributed by atoms with Gasteiger partial charge in [-0.1, -0.05) is 0 Å². The molecule has 1 fully saturated rings. The van der Waals surface area contributed by atoms with Gasteiger partial charge in [0.1, 0.15) is 6.54 Å². The van der Waals surface area contributed by atoms with Crippen molar-refractivity contribution in [2.24, 2.45) is 5.92 Å². The molecule has 0 aromatic rings. The van der Waals surface area contributed by atoms with Crippen LogP contribution in [0.25, 0.3) is 0 Å². The molecule has 9 heteroatoms. The Morgan fingerprint density at radius 3 is 2.53 bits per heavy atom. The Morgan fingerprint density at radius 2 is 2.00 bits per heavy atom. The van der Waals surface area contributed by atoms with Gasteiger partial charge in [0.15, 0.2) is 0 Å². The van der Waals surface area contributed by atoms with E-state index in [-0.39, 0.29) is 6.54 Å². The third-order valence-electron chi connectivity index (χ3n) is 2.47. The summed E-state index contributed by atoms with van der Waals surface area (Å²) in [5.41, 5.74) is 0. The van der Waals surface area contributed by atoms with Crippen molar-refractivity contribution in [2.75, 3.05) is 26.2 Å². The Kier molecular flexibility index (Phi) is 5.17. The van der Waals surface area contributed by atoms with Crippen molar-refractivity contribution in [1.29, 1.82) is 0 Å². The zero-order chi connectivity index (χ0) is 12.9. The Hall–Kier alpha value is -0.380. The van der Waals surface area contributed by atoms with Crippen molar-refractivity contribution in [3.8, 4) is 0 Å². The lowest BCUT2D eigenvalue weighted by Crippen LogP contribution is -2.42. The molecule has 1 aliphatic heterocycles. The maximum Gasteiger partial charge on any atom is 0.402 e. The van der Waals surface area contributed by atoms with Crippen LogP contribution in [0.3, 0.4) is 0 Å². The average Bonchev–Trinajstić information content (AvgIpc) is 2.67. The number of alkyl halides is 3. The highest BCUT2D eigenvalue weighted by atomic mass is 32.2. The molecule has 0 saturated carbocycles. The number of hydrogen-bond acceptors (Lipinski definition) is 3. The molecule has 1 saturated heterocycles. The van der Waals surface area contributed by atoms with Gasteiger partial charge in [-0.15, -0.1) is 0 Å². The zero-order valence-corrected chi connectivity index (χ0v) is 10.00. The summed E-state index contributed by atoms with van der Waals surface area (Å²) in [5, 5.41) is 3.12. The fraction of sp³-hybridized carbons (Fsp3) is 1.00. The van der Waals surface area contributed by atoms with E-state index >= 15 is 0 Å². The Bertz CT molecular complexity index is 325. The van der Waals surface area contributed by atoms with Crippen LogP contribution in [-0.4, -0.2) is 40.8 Å². The van der Waals surface area contributed by atoms with E-state index in [1.54, 1.807) is 0 Å². The molecule has 1 atom stereocenters. The lowest BCUT2D eigenvalue weighted by atomic mass is 10.1. The average molecular weight is 275 g/mol. The molecule has 1 aliphatic rings. The first kappa shape index (κ1) is 14.7. The van der Waals surface area contributed by atoms with Gasteiger partial charge in [-0.05, 0) is 31.8 Å². The van der Waals surface area contributed by atoms with Crippen molar-refractivity contribution in [2.45, 2.75) is 19.0 Å². The van der Waals surface area contributed by atoms with E-state index in [1.165, 1.54) is 4.72 Å². The molecular weight excluding hydrogens is 259 g/mol. The van der Waals surface area contributed by atoms with Crippen molar-refractivity contribution >= 4 is 10.2 Å². The Labute approximate surface area is 98.3 Å². The van der Waals surface area contributed by atoms with Crippen LogP contribution >= 0.6 is 0 Å². The molecule has 1 unspecified atom stereocenters. The molecule has 0 radical (unpaired) electrons. The minimum Gasteiger partial charge on any atom is -0.316 e. The molecule has 5 nitrogen and oxygen atoms in total. The van der Waals surface area contributed by atoms with Crippen LogP contribution in [-0.2, 0) is 10.2 Å². The first-order valence-electron chi connectivity index (χ1n) is 5.30. The summed E-state index contributed by atoms with van der Waals surface area (Å²) < 4.78 is 61.1. The van der Waals surface area contributed by atoms with E-state index in [1.807, 2.05) is 0 Å². The topological polar surface area (TPSA) is 70.2 Å². The van der Waals surface area contributed by atoms with Gasteiger partial charge in [0.2, 0.25) is 0 Å². The van der Waals surface area contributed by atoms with Crippen LogP contribution in [0, 0.1) is 5.92 Å². The highest BCUT2D eigenvalue weighted by Gasteiger charge is 2.29. The molecule has 0 amide bonds. The third-order valence-corrected chi connectivity index (χ3v) is 3.58. The quantitative estimate of drug-likeness (QED) is 0.637. The zero-order valence-electron chi connectivity index (χ0n) is 9.18. The Balaban J connectivity index is 2.20. The molecule has 3 N–H and O–H groups in total. The van der Waals surface area contributed by atoms with Gasteiger partial charge in [-0.25, -0.2) is 4.72 Å². The highest BCUT2D eigenvalue weighted by molar-refractivity contribution is 7.87. The third kappa shape index (κ3) is 6.81. The molecule has 1 heterocycles. The van der Waals surface area contributed by atoms with E-state index < -0.39 is 22.9 Å². The predicted octanol–water partition coefficient (Wildman–Crippen LogP) is -0.0277. The van der Waals surface area contributed by atoms with Crippen molar-refractivity contribution in [3.63, 3.8) is 0 Å². The minimum atomic E-state index is -4.54. The van der Waals surface area contributed by atoms with Gasteiger partial charge in [0.25, 0.3) is 10.2 Å². The summed E-state index contributed by atoms with van der Waals surface area (Å²) >= 11 is 0. The molecule has 0 aliphatic carbocycles. The monoisotopic (exact) mass is 275 g/mol. The summed E-state index contributed by atoms with van der Waals surface area (Å²) in [6.45, 7) is 0.342. The molecule has 1 rings (SSSR count). The van der Waals surface area contributed by atoms with Crippen molar-refractivity contribution in [3.05, 3.63) is 0 Å². The summed E-state index contributed by atoms with van der Waals surface area (Å²) in [6, 6.07) is 0. The van der Waals surface area contributed by atoms with E-state index in [2.05, 4.69) is 10.0 Å². The molecule has 0 bridgehead atoms. The van der Waals surface area contributed by atoms with Crippen molar-refractivity contribution < 1.29 is 21.6 Å². The summed E-state index contributed by atoms with van der Waals surface area (Å²) in [6.07, 6.45) is -2.94. The number of halogens is 3. The van der Waals surface area contributed by atoms with Crippen LogP contribution in [0.5, 0.6) is 0 Å². The Morgan fingerprint density at radius 1 is 1.29 bits per heavy atom. The fourth-order valence-electron chi connectivity index (χ4n) is 1.59. The molecule has 0 spiro atoms. The van der Waals surface area contributed by atoms with Crippen LogP contribution < -0.4 is 14.8 Å². The molecule has 17 heavy (non-hydrogen) atoms. The molecule has 0 aromatic carbocycles. The van der Waals surface area contributed by atoms with Crippen molar-refractivity contribution in [1.82, 2.24) is 14.8 Å². The smallest absolute Gasteiger partial charge is 0.316 e. The predicted molar refractivity (Wildman–Crippen MR) is 56.6 cm³/mol. The highest BCUT2D eigenvalue weighted by Crippen LogP contribution is 2.13. The minimum absolute atomic E-state index is 0.152. The van der Waals surface area contributed by atoms with Gasteiger partial charge in [-0.3, -0.25) is 0 Å². The second-order valence-corrected chi connectivity index (χ2v) is 5.57. The standard InChI is InChI=1S/C8H16F3N3O2S/c9-8(10,11)6-14-17(15,16)13-4-2-7-1-3-12-5-7/h7,12-14H,1-6H2. The van der Waals surface area contributed by atoms with Crippen LogP contribution in [0.2, 0.25) is 0 Å². The van der Waals surface area contributed by atoms with Crippen LogP contribution in [0.4, 0.5) is 13.2 Å². The maximum atomic E-state index is 11.8. The normalized spacial score (nSPS) is 21.9. The molecule has 102 valence electrons. The second kappa shape index (κ2) is 5.98. The van der Waals surface area contributed by atoms with E-state index in [0.717, 1.165) is 19.5 Å². The summed E-state index contributed by atoms with van der Waals surface area (Å²) in [7, 11) is -4.05. The maximum absolute atomic E-state index is 11.8. The number of hydrogen-bond donors (Lipinski definition) is 3. The SMILES string of the molecule is O=S(=O)(NCCC1CCNC1)NCC(F)(F)F. The summed E-state index contributed by atoms with van der Waals surface area (Å²) in [4.78, 5) is 0. The lowest BCUT2D eigenvalue weighted by Gasteiger charge is -2.11. The van der Waals surface area contributed by atoms with Gasteiger partial charge >= 0.3 is 6.18 Å². The van der Waals surface area contributed by atoms with Gasteiger partial charge in [0.05, 0.1) is 0 Å². The fourth-order valence-corrected chi connectivity index (χ4v) is 2.43. The molecule has 0 aromatic heterocycles. The largest absolute Gasteiger partial charge is 0.402 e. The van der Waals surface area contributed by atoms with E-state index in [4.69, 9.17) is 0 Å². The second-order valence-electron chi connectivity index (χ2n) is 3.98. The first-order chi connectivity index (χ1) is 7.79. The number of rotatable bonds is 6. The van der Waals surface area contributed by atoms with E-state index in [0.29, 0.717) is 12.3 Å². The summed E-state index contributed by atoms with van der Waals surface area (Å²) in [5.74, 6) is 0.389. The van der Waals surface area contributed by atoms with Gasteiger partial charge in [-0.2, -0.15) is 26.3 Å². The van der Waals surface area contributed by atoms with Crippen LogP contribution in [0.1, 0.15) is 12.8 Å². The first-order valence-corrected chi connectivity index (χ1v) is 6.78. The number of nitrogens with one attached hydrogen (secondary N) is 3. The molecular formula is C8H16F3N3O2S. The van der Waals surface area contributed by atoms with Gasteiger partial charge in [0, 0.05) is 6.54 Å². The van der Waals surface area contributed by atoms with Gasteiger partial charge < -0.3 is 5.32 Å².